The minimum absolute atomic E-state index is 0.0657. The Balaban J connectivity index is 1.27. The maximum absolute atomic E-state index is 15.0. The molecule has 1 aromatic heterocycles. The van der Waals surface area contributed by atoms with Crippen LogP contribution in [0, 0.1) is 29.1 Å². The number of rotatable bonds is 16. The molecule has 1 saturated heterocycles. The molecule has 0 bridgehead atoms. The van der Waals surface area contributed by atoms with Crippen molar-refractivity contribution in [3.05, 3.63) is 46.7 Å². The monoisotopic (exact) mass is 762 g/mol. The summed E-state index contributed by atoms with van der Waals surface area (Å²) in [5.41, 5.74) is 0.411. The highest BCUT2D eigenvalue weighted by atomic mass is 35.5. The summed E-state index contributed by atoms with van der Waals surface area (Å²) in [5, 5.41) is 19.0. The molecule has 6 rings (SSSR count). The molecular formula is C41H55ClN6O6. The van der Waals surface area contributed by atoms with Crippen LogP contribution in [0.25, 0.3) is 0 Å². The molecule has 2 N–H and O–H groups in total. The van der Waals surface area contributed by atoms with Crippen molar-refractivity contribution in [2.75, 3.05) is 6.54 Å². The normalized spacial score (nSPS) is 23.4. The highest BCUT2D eigenvalue weighted by Gasteiger charge is 2.55. The molecule has 3 heterocycles. The van der Waals surface area contributed by atoms with E-state index < -0.39 is 52.4 Å². The van der Waals surface area contributed by atoms with E-state index in [1.807, 2.05) is 39.8 Å². The zero-order valence-corrected chi connectivity index (χ0v) is 32.8. The minimum atomic E-state index is -0.996. The molecule has 13 heteroatoms. The van der Waals surface area contributed by atoms with Gasteiger partial charge in [-0.15, -0.1) is 0 Å². The highest BCUT2D eigenvalue weighted by molar-refractivity contribution is 6.38. The molecule has 2 aliphatic heterocycles. The Kier molecular flexibility index (Phi) is 12.4. The fourth-order valence-electron chi connectivity index (χ4n) is 8.59. The molecule has 2 aliphatic carbocycles. The second kappa shape index (κ2) is 16.8. The van der Waals surface area contributed by atoms with Gasteiger partial charge in [0.2, 0.25) is 17.6 Å². The van der Waals surface area contributed by atoms with E-state index in [0.29, 0.717) is 42.1 Å². The van der Waals surface area contributed by atoms with Gasteiger partial charge in [-0.05, 0) is 61.5 Å². The molecule has 1 spiro atoms. The number of halogens is 1. The number of aromatic amines is 1. The molecule has 0 radical (unpaired) electrons. The van der Waals surface area contributed by atoms with Crippen molar-refractivity contribution in [1.29, 1.82) is 0 Å². The number of oxime groups is 1. The second-order valence-corrected chi connectivity index (χ2v) is 17.7. The summed E-state index contributed by atoms with van der Waals surface area (Å²) < 4.78 is 0. The van der Waals surface area contributed by atoms with E-state index in [0.717, 1.165) is 50.5 Å². The van der Waals surface area contributed by atoms with Crippen LogP contribution < -0.4 is 5.32 Å². The first-order valence-corrected chi connectivity index (χ1v) is 20.2. The third kappa shape index (κ3) is 9.47. The minimum Gasteiger partial charge on any atom is -0.387 e. The number of hydrogen-bond acceptors (Lipinski definition) is 9. The number of nitrogens with zero attached hydrogens (tertiary/aromatic N) is 4. The number of H-pyrrole nitrogens is 1. The third-order valence-corrected chi connectivity index (χ3v) is 12.0. The molecule has 292 valence electrons. The van der Waals surface area contributed by atoms with Gasteiger partial charge in [0.05, 0.1) is 30.2 Å². The van der Waals surface area contributed by atoms with Crippen molar-refractivity contribution < 1.29 is 28.8 Å². The van der Waals surface area contributed by atoms with Gasteiger partial charge in [0.1, 0.15) is 6.04 Å². The van der Waals surface area contributed by atoms with Gasteiger partial charge in [-0.3, -0.25) is 24.0 Å². The van der Waals surface area contributed by atoms with Crippen LogP contribution in [-0.2, 0) is 35.2 Å². The van der Waals surface area contributed by atoms with Crippen LogP contribution in [0.4, 0.5) is 0 Å². The lowest BCUT2D eigenvalue weighted by atomic mass is 9.77. The number of carbonyl (C=O) groups excluding carboxylic acids is 5. The maximum Gasteiger partial charge on any atom is 0.246 e. The van der Waals surface area contributed by atoms with Crippen LogP contribution in [0.2, 0.25) is 5.02 Å². The smallest absolute Gasteiger partial charge is 0.246 e. The van der Waals surface area contributed by atoms with E-state index in [1.54, 1.807) is 23.2 Å². The SMILES string of the molecule is CCC[C@H](CC(=O)[C@@H]1C[C@]2(CC(c3cccc(Cl)c3)=NO2)CN1C(=O)[C@@H](NC(=O)[C@@H](Cc1cn[nH]n1)C1CCCCC1)C(C)(C)C)C(=O)C(=O)CC1CC1. The third-order valence-electron chi connectivity index (χ3n) is 11.8. The van der Waals surface area contributed by atoms with Crippen molar-refractivity contribution in [2.24, 2.45) is 34.2 Å². The van der Waals surface area contributed by atoms with E-state index in [1.165, 1.54) is 0 Å². The summed E-state index contributed by atoms with van der Waals surface area (Å²) >= 11 is 6.30. The molecule has 12 nitrogen and oxygen atoms in total. The lowest BCUT2D eigenvalue weighted by Crippen LogP contribution is -2.58. The predicted molar refractivity (Wildman–Crippen MR) is 203 cm³/mol. The van der Waals surface area contributed by atoms with E-state index in [4.69, 9.17) is 16.4 Å². The number of aromatic nitrogens is 3. The van der Waals surface area contributed by atoms with E-state index in [2.05, 4.69) is 25.9 Å². The molecule has 2 saturated carbocycles. The first-order valence-electron chi connectivity index (χ1n) is 19.8. The standard InChI is InChI=1S/C41H55ClN6O6/c1-5-10-28(36(51)35(50)17-25-15-16-25)19-34(49)33-22-41(21-32(46-54-41)27-13-9-14-29(42)18-27)24-48(33)39(53)37(40(2,3)4)44-38(52)31(20-30-23-43-47-45-30)26-11-7-6-8-12-26/h9,13-14,18,23,25-26,28,31,33,37H,5-8,10-12,15-17,19-22,24H2,1-4H3,(H,44,52)(H,43,45,47)/t28-,31+,33+,37-,41-/m1/s1. The molecule has 1 aromatic carbocycles. The van der Waals surface area contributed by atoms with Crippen molar-refractivity contribution >= 4 is 46.5 Å². The molecular weight excluding hydrogens is 708 g/mol. The van der Waals surface area contributed by atoms with Gasteiger partial charge in [0, 0.05) is 54.5 Å². The van der Waals surface area contributed by atoms with Crippen LogP contribution >= 0.6 is 11.6 Å². The molecule has 54 heavy (non-hydrogen) atoms. The number of hydrogen-bond donors (Lipinski definition) is 2. The average molecular weight is 763 g/mol. The van der Waals surface area contributed by atoms with Crippen molar-refractivity contribution in [3.8, 4) is 0 Å². The fraction of sp³-hybridized carbons (Fsp3) is 0.659. The Hall–Kier alpha value is -3.93. The highest BCUT2D eigenvalue weighted by Crippen LogP contribution is 2.42. The van der Waals surface area contributed by atoms with Gasteiger partial charge in [-0.2, -0.15) is 15.4 Å². The second-order valence-electron chi connectivity index (χ2n) is 17.3. The van der Waals surface area contributed by atoms with Crippen LogP contribution in [0.15, 0.2) is 35.6 Å². The number of Topliss-reactive ketones (excluding diaryl/α,β-unsaturated/α-hetero) is 3. The average Bonchev–Trinajstić information content (AvgIpc) is 3.49. The first kappa shape index (κ1) is 39.8. The number of nitrogens with one attached hydrogen (secondary N) is 2. The van der Waals surface area contributed by atoms with Crippen LogP contribution in [0.1, 0.15) is 122 Å². The van der Waals surface area contributed by atoms with Gasteiger partial charge in [0.25, 0.3) is 0 Å². The quantitative estimate of drug-likeness (QED) is 0.191. The summed E-state index contributed by atoms with van der Waals surface area (Å²) in [6.45, 7) is 7.70. The lowest BCUT2D eigenvalue weighted by Gasteiger charge is -2.37. The van der Waals surface area contributed by atoms with Crippen molar-refractivity contribution in [3.63, 3.8) is 0 Å². The Morgan fingerprint density at radius 3 is 2.50 bits per heavy atom. The number of benzene rings is 1. The van der Waals surface area contributed by atoms with Crippen LogP contribution in [0.5, 0.6) is 0 Å². The summed E-state index contributed by atoms with van der Waals surface area (Å²) in [4.78, 5) is 77.8. The fourth-order valence-corrected chi connectivity index (χ4v) is 8.78. The maximum atomic E-state index is 15.0. The summed E-state index contributed by atoms with van der Waals surface area (Å²) in [7, 11) is 0. The van der Waals surface area contributed by atoms with Gasteiger partial charge in [-0.1, -0.05) is 82.3 Å². The Morgan fingerprint density at radius 2 is 1.85 bits per heavy atom. The lowest BCUT2D eigenvalue weighted by molar-refractivity contribution is -0.145. The predicted octanol–water partition coefficient (Wildman–Crippen LogP) is 6.21. The van der Waals surface area contributed by atoms with Crippen molar-refractivity contribution in [2.45, 2.75) is 135 Å². The Labute approximate surface area is 322 Å². The molecule has 4 aliphatic rings. The van der Waals surface area contributed by atoms with Crippen LogP contribution in [-0.4, -0.2) is 79.4 Å². The number of ketones is 3. The van der Waals surface area contributed by atoms with Gasteiger partial charge < -0.3 is 15.1 Å². The van der Waals surface area contributed by atoms with E-state index in [-0.39, 0.29) is 49.3 Å². The number of amides is 2. The van der Waals surface area contributed by atoms with Crippen molar-refractivity contribution in [1.82, 2.24) is 25.6 Å². The van der Waals surface area contributed by atoms with E-state index >= 15 is 0 Å². The van der Waals surface area contributed by atoms with Gasteiger partial charge >= 0.3 is 0 Å². The summed E-state index contributed by atoms with van der Waals surface area (Å²) in [5.74, 6) is -2.57. The number of carbonyl (C=O) groups is 5. The van der Waals surface area contributed by atoms with Crippen LogP contribution in [0.3, 0.4) is 0 Å². The Morgan fingerprint density at radius 1 is 1.09 bits per heavy atom. The largest absolute Gasteiger partial charge is 0.387 e. The molecule has 3 fully saturated rings. The van der Waals surface area contributed by atoms with Gasteiger partial charge in [0.15, 0.2) is 17.2 Å². The summed E-state index contributed by atoms with van der Waals surface area (Å²) in [6.07, 6.45) is 10.6. The summed E-state index contributed by atoms with van der Waals surface area (Å²) in [6, 6.07) is 5.38. The first-order chi connectivity index (χ1) is 25.8. The molecule has 2 aromatic rings. The van der Waals surface area contributed by atoms with Gasteiger partial charge in [-0.25, -0.2) is 0 Å². The molecule has 0 unspecified atom stereocenters. The number of likely N-dealkylation sites (tertiary alicyclic amines) is 1. The molecule has 5 atom stereocenters. The van der Waals surface area contributed by atoms with E-state index in [9.17, 15) is 24.0 Å². The zero-order valence-electron chi connectivity index (χ0n) is 32.1. The zero-order chi connectivity index (χ0) is 38.6. The topological polar surface area (TPSA) is 164 Å². The molecule has 2 amide bonds. The Bertz CT molecular complexity index is 1730.